The van der Waals surface area contributed by atoms with E-state index in [1.54, 1.807) is 12.4 Å². The third-order valence-corrected chi connectivity index (χ3v) is 5.68. The van der Waals surface area contributed by atoms with Crippen LogP contribution in [0, 0.1) is 5.92 Å². The minimum Gasteiger partial charge on any atom is -0.337 e. The van der Waals surface area contributed by atoms with Gasteiger partial charge in [-0.05, 0) is 43.7 Å². The lowest BCUT2D eigenvalue weighted by atomic mass is 10.0. The summed E-state index contributed by atoms with van der Waals surface area (Å²) in [5, 5.41) is 4.14. The first kappa shape index (κ1) is 17.2. The summed E-state index contributed by atoms with van der Waals surface area (Å²) in [6, 6.07) is 3.64. The van der Waals surface area contributed by atoms with Gasteiger partial charge >= 0.3 is 0 Å². The second-order valence-electron chi connectivity index (χ2n) is 7.50. The largest absolute Gasteiger partial charge is 0.337 e. The molecular formula is C20H26N4O2. The first-order valence-electron chi connectivity index (χ1n) is 9.85. The van der Waals surface area contributed by atoms with Crippen molar-refractivity contribution in [2.75, 3.05) is 6.54 Å². The van der Waals surface area contributed by atoms with Crippen molar-refractivity contribution in [3.05, 3.63) is 30.4 Å². The Morgan fingerprint density at radius 1 is 1.08 bits per heavy atom. The molecule has 4 rings (SSSR count). The summed E-state index contributed by atoms with van der Waals surface area (Å²) < 4.78 is 5.59. The zero-order valence-electron chi connectivity index (χ0n) is 15.1. The van der Waals surface area contributed by atoms with Crippen LogP contribution in [0.4, 0.5) is 0 Å². The molecule has 0 spiro atoms. The van der Waals surface area contributed by atoms with Gasteiger partial charge in [0.25, 0.3) is 0 Å². The third kappa shape index (κ3) is 3.79. The van der Waals surface area contributed by atoms with Crippen LogP contribution < -0.4 is 0 Å². The lowest BCUT2D eigenvalue weighted by Gasteiger charge is -2.28. The van der Waals surface area contributed by atoms with Gasteiger partial charge in [-0.1, -0.05) is 30.8 Å². The van der Waals surface area contributed by atoms with E-state index in [1.807, 2.05) is 17.0 Å². The van der Waals surface area contributed by atoms with Crippen LogP contribution in [0.15, 0.2) is 29.0 Å². The summed E-state index contributed by atoms with van der Waals surface area (Å²) in [5.74, 6) is 1.95. The maximum atomic E-state index is 13.0. The van der Waals surface area contributed by atoms with E-state index in [4.69, 9.17) is 4.52 Å². The first-order chi connectivity index (χ1) is 12.8. The van der Waals surface area contributed by atoms with Crippen LogP contribution >= 0.6 is 0 Å². The number of hydrogen-bond donors (Lipinski definition) is 0. The highest BCUT2D eigenvalue weighted by Gasteiger charge is 2.32. The van der Waals surface area contributed by atoms with Gasteiger partial charge in [-0.25, -0.2) is 0 Å². The van der Waals surface area contributed by atoms with Gasteiger partial charge in [0, 0.05) is 30.9 Å². The van der Waals surface area contributed by atoms with Crippen molar-refractivity contribution in [3.63, 3.8) is 0 Å². The van der Waals surface area contributed by atoms with Gasteiger partial charge in [0.05, 0.1) is 0 Å². The van der Waals surface area contributed by atoms with Crippen molar-refractivity contribution in [1.29, 1.82) is 0 Å². The maximum Gasteiger partial charge on any atom is 0.249 e. The Bertz CT molecular complexity index is 724. The molecule has 26 heavy (non-hydrogen) atoms. The molecule has 1 amide bonds. The smallest absolute Gasteiger partial charge is 0.249 e. The molecule has 2 fully saturated rings. The predicted octanol–water partition coefficient (Wildman–Crippen LogP) is 4.16. The fraction of sp³-hybridized carbons (Fsp3) is 0.600. The average molecular weight is 354 g/mol. The van der Waals surface area contributed by atoms with E-state index in [0.717, 1.165) is 37.8 Å². The molecule has 3 heterocycles. The number of carbonyl (C=O) groups excluding carboxylic acids is 1. The molecule has 2 aromatic rings. The number of amides is 1. The van der Waals surface area contributed by atoms with Crippen molar-refractivity contribution in [2.45, 2.75) is 63.8 Å². The Labute approximate surface area is 154 Å². The van der Waals surface area contributed by atoms with Crippen LogP contribution in [0.25, 0.3) is 11.4 Å². The molecule has 1 saturated carbocycles. The van der Waals surface area contributed by atoms with E-state index in [1.165, 1.54) is 25.7 Å². The Morgan fingerprint density at radius 2 is 1.85 bits per heavy atom. The fourth-order valence-electron chi connectivity index (χ4n) is 4.23. The topological polar surface area (TPSA) is 72.1 Å². The van der Waals surface area contributed by atoms with Gasteiger partial charge < -0.3 is 9.42 Å². The van der Waals surface area contributed by atoms with E-state index in [9.17, 15) is 4.79 Å². The number of rotatable bonds is 4. The highest BCUT2D eigenvalue weighted by Crippen LogP contribution is 2.33. The monoisotopic (exact) mass is 354 g/mol. The summed E-state index contributed by atoms with van der Waals surface area (Å²) in [6.45, 7) is 0.795. The van der Waals surface area contributed by atoms with Gasteiger partial charge in [-0.15, -0.1) is 0 Å². The van der Waals surface area contributed by atoms with Crippen LogP contribution in [0.1, 0.15) is 69.7 Å². The number of pyridine rings is 1. The first-order valence-corrected chi connectivity index (χ1v) is 9.85. The minimum absolute atomic E-state index is 0.0884. The van der Waals surface area contributed by atoms with Gasteiger partial charge in [0.2, 0.25) is 17.6 Å². The highest BCUT2D eigenvalue weighted by atomic mass is 16.5. The van der Waals surface area contributed by atoms with Crippen LogP contribution in [0.5, 0.6) is 0 Å². The maximum absolute atomic E-state index is 13.0. The molecule has 0 radical (unpaired) electrons. The molecule has 0 N–H and O–H groups in total. The molecule has 6 nitrogen and oxygen atoms in total. The number of likely N-dealkylation sites (tertiary alicyclic amines) is 1. The standard InChI is InChI=1S/C20H26N4O2/c25-18(14-15-6-3-4-7-15)24-13-5-1-2-8-17(24)20-22-19(23-26-20)16-9-11-21-12-10-16/h9-12,15,17H,1-8,13-14H2. The Morgan fingerprint density at radius 3 is 2.65 bits per heavy atom. The van der Waals surface area contributed by atoms with Crippen LogP contribution in [0.2, 0.25) is 0 Å². The molecule has 0 aromatic carbocycles. The number of hydrogen-bond acceptors (Lipinski definition) is 5. The van der Waals surface area contributed by atoms with E-state index in [-0.39, 0.29) is 11.9 Å². The lowest BCUT2D eigenvalue weighted by Crippen LogP contribution is -2.35. The molecule has 0 bridgehead atoms. The van der Waals surface area contributed by atoms with Crippen LogP contribution in [-0.4, -0.2) is 32.5 Å². The van der Waals surface area contributed by atoms with Gasteiger partial charge in [0.1, 0.15) is 6.04 Å². The van der Waals surface area contributed by atoms with Gasteiger partial charge in [-0.2, -0.15) is 4.98 Å². The zero-order chi connectivity index (χ0) is 17.8. The molecule has 138 valence electrons. The summed E-state index contributed by atoms with van der Waals surface area (Å²) in [4.78, 5) is 23.6. The third-order valence-electron chi connectivity index (χ3n) is 5.68. The summed E-state index contributed by atoms with van der Waals surface area (Å²) in [6.07, 6.45) is 13.2. The van der Waals surface area contributed by atoms with Crippen molar-refractivity contribution in [1.82, 2.24) is 20.0 Å². The second-order valence-corrected chi connectivity index (χ2v) is 7.50. The quantitative estimate of drug-likeness (QED) is 0.824. The zero-order valence-corrected chi connectivity index (χ0v) is 15.1. The van der Waals surface area contributed by atoms with E-state index >= 15 is 0 Å². The van der Waals surface area contributed by atoms with Crippen LogP contribution in [0.3, 0.4) is 0 Å². The van der Waals surface area contributed by atoms with Crippen molar-refractivity contribution >= 4 is 5.91 Å². The van der Waals surface area contributed by atoms with E-state index < -0.39 is 0 Å². The summed E-state index contributed by atoms with van der Waals surface area (Å²) >= 11 is 0. The fourth-order valence-corrected chi connectivity index (χ4v) is 4.23. The Balaban J connectivity index is 1.53. The molecule has 1 aliphatic carbocycles. The number of aromatic nitrogens is 3. The molecule has 1 aliphatic heterocycles. The Kier molecular flexibility index (Phi) is 5.27. The second kappa shape index (κ2) is 7.98. The number of carbonyl (C=O) groups is 1. The SMILES string of the molecule is O=C(CC1CCCC1)N1CCCCCC1c1nc(-c2ccncc2)no1. The molecule has 2 aromatic heterocycles. The molecule has 2 aliphatic rings. The normalized spacial score (nSPS) is 21.7. The van der Waals surface area contributed by atoms with Crippen molar-refractivity contribution in [3.8, 4) is 11.4 Å². The van der Waals surface area contributed by atoms with E-state index in [0.29, 0.717) is 24.1 Å². The van der Waals surface area contributed by atoms with Gasteiger partial charge in [-0.3, -0.25) is 9.78 Å². The summed E-state index contributed by atoms with van der Waals surface area (Å²) in [7, 11) is 0. The molecule has 1 saturated heterocycles. The molecule has 6 heteroatoms. The Hall–Kier alpha value is -2.24. The molecular weight excluding hydrogens is 328 g/mol. The van der Waals surface area contributed by atoms with Crippen LogP contribution in [-0.2, 0) is 4.79 Å². The lowest BCUT2D eigenvalue weighted by molar-refractivity contribution is -0.135. The van der Waals surface area contributed by atoms with E-state index in [2.05, 4.69) is 15.1 Å². The van der Waals surface area contributed by atoms with Crippen molar-refractivity contribution < 1.29 is 9.32 Å². The summed E-state index contributed by atoms with van der Waals surface area (Å²) in [5.41, 5.74) is 0.882. The molecule has 1 atom stereocenters. The minimum atomic E-state index is -0.0884. The highest BCUT2D eigenvalue weighted by molar-refractivity contribution is 5.77. The van der Waals surface area contributed by atoms with Crippen molar-refractivity contribution in [2.24, 2.45) is 5.92 Å². The average Bonchev–Trinajstić information content (AvgIpc) is 3.30. The predicted molar refractivity (Wildman–Crippen MR) is 97.0 cm³/mol. The molecule has 1 unspecified atom stereocenters. The van der Waals surface area contributed by atoms with Gasteiger partial charge in [0.15, 0.2) is 0 Å². The number of nitrogens with zero attached hydrogens (tertiary/aromatic N) is 4.